The first-order valence-corrected chi connectivity index (χ1v) is 14.0. The Hall–Kier alpha value is -2.46. The predicted molar refractivity (Wildman–Crippen MR) is 132 cm³/mol. The molecule has 2 aromatic heterocycles. The Balaban J connectivity index is 1.64. The van der Waals surface area contributed by atoms with Gasteiger partial charge in [-0.05, 0) is 6.07 Å². The monoisotopic (exact) mass is 497 g/mol. The molecule has 1 atom stereocenters. The number of piperidine rings is 1. The molecule has 0 radical (unpaired) electrons. The van der Waals surface area contributed by atoms with E-state index in [1.54, 1.807) is 24.7 Å². The van der Waals surface area contributed by atoms with Gasteiger partial charge < -0.3 is 9.47 Å². The van der Waals surface area contributed by atoms with Crippen LogP contribution in [0.5, 0.6) is 11.5 Å². The molecule has 0 spiro atoms. The Morgan fingerprint density at radius 1 is 1.09 bits per heavy atom. The van der Waals surface area contributed by atoms with Crippen molar-refractivity contribution >= 4 is 27.1 Å². The van der Waals surface area contributed by atoms with E-state index in [0.29, 0.717) is 22.8 Å². The molecule has 1 saturated heterocycles. The molecule has 3 aromatic rings. The minimum absolute atomic E-state index is 0.0748. The number of hydrogen-bond donors (Lipinski definition) is 0. The maximum atomic E-state index is 13.1. The summed E-state index contributed by atoms with van der Waals surface area (Å²) in [6.07, 6.45) is 5.84. The van der Waals surface area contributed by atoms with Gasteiger partial charge in [0.2, 0.25) is 0 Å². The zero-order valence-corrected chi connectivity index (χ0v) is 21.4. The van der Waals surface area contributed by atoms with E-state index in [9.17, 15) is 4.79 Å². The number of anilines is 1. The third kappa shape index (κ3) is 4.66. The molecule has 1 fully saturated rings. The molecule has 7 heteroatoms. The molecule has 1 aliphatic rings. The van der Waals surface area contributed by atoms with E-state index in [4.69, 9.17) is 14.5 Å². The molecular formula is C25H32AsN3O3. The van der Waals surface area contributed by atoms with E-state index in [-0.39, 0.29) is 21.3 Å². The molecular weight excluding hydrogens is 465 g/mol. The number of methoxy groups -OCH3 is 2. The number of benzene rings is 1. The molecule has 0 aliphatic carbocycles. The van der Waals surface area contributed by atoms with E-state index < -0.39 is 0 Å². The summed E-state index contributed by atoms with van der Waals surface area (Å²) in [5, 5.41) is 1.45. The van der Waals surface area contributed by atoms with Crippen LogP contribution in [0.1, 0.15) is 31.7 Å². The normalized spacial score (nSPS) is 15.1. The van der Waals surface area contributed by atoms with Crippen LogP contribution < -0.4 is 19.9 Å². The average molecular weight is 497 g/mol. The van der Waals surface area contributed by atoms with E-state index in [2.05, 4.69) is 17.9 Å². The average Bonchev–Trinajstić information content (AvgIpc) is 2.82. The first kappa shape index (κ1) is 22.7. The van der Waals surface area contributed by atoms with Crippen molar-refractivity contribution in [1.29, 1.82) is 0 Å². The van der Waals surface area contributed by atoms with Crippen molar-refractivity contribution < 1.29 is 9.47 Å². The van der Waals surface area contributed by atoms with E-state index >= 15 is 0 Å². The van der Waals surface area contributed by atoms with Gasteiger partial charge in [0.05, 0.1) is 14.2 Å². The van der Waals surface area contributed by atoms with Crippen molar-refractivity contribution in [1.82, 2.24) is 9.38 Å². The van der Waals surface area contributed by atoms with Crippen molar-refractivity contribution in [3.8, 4) is 22.8 Å². The number of fused-ring (bicyclic) bond motifs is 1. The standard InChI is InChI=1S/C25H32AsN3O3/c1-5-10-26-19-8-11-28(12-9-19)20-13-17(2)25-27-21(15-24(30)29(25)16-20)18-6-7-22(31-3)23(14-18)32-4/h6-7,13-16,19,26H,5,8-12H2,1-4H3. The van der Waals surface area contributed by atoms with Gasteiger partial charge in [0, 0.05) is 0 Å². The number of aryl methyl sites for hydroxylation is 1. The Morgan fingerprint density at radius 3 is 2.53 bits per heavy atom. The molecule has 0 saturated carbocycles. The summed E-state index contributed by atoms with van der Waals surface area (Å²) in [4.78, 5) is 20.3. The van der Waals surface area contributed by atoms with E-state index in [1.807, 2.05) is 31.3 Å². The second-order valence-electron chi connectivity index (χ2n) is 8.34. The Kier molecular flexibility index (Phi) is 7.10. The zero-order valence-electron chi connectivity index (χ0n) is 19.4. The second-order valence-corrected chi connectivity index (χ2v) is 12.0. The molecule has 6 nitrogen and oxygen atoms in total. The minimum atomic E-state index is -0.0748. The number of pyridine rings is 1. The third-order valence-corrected chi connectivity index (χ3v) is 10.2. The number of rotatable bonds is 7. The topological polar surface area (TPSA) is 56.1 Å². The van der Waals surface area contributed by atoms with E-state index in [0.717, 1.165) is 34.6 Å². The summed E-state index contributed by atoms with van der Waals surface area (Å²) in [6, 6.07) is 9.35. The summed E-state index contributed by atoms with van der Waals surface area (Å²) in [6.45, 7) is 6.48. The molecule has 0 bridgehead atoms. The van der Waals surface area contributed by atoms with Gasteiger partial charge in [-0.3, -0.25) is 0 Å². The summed E-state index contributed by atoms with van der Waals surface area (Å²) in [5.41, 5.74) is 4.19. The SMILES string of the molecule is CCC[AsH]C1CCN(c2cc(C)c3nc(-c4ccc(OC)c(OC)c4)cc(=O)n3c2)CC1. The third-order valence-electron chi connectivity index (χ3n) is 6.15. The molecule has 0 N–H and O–H groups in total. The molecule has 1 unspecified atom stereocenters. The summed E-state index contributed by atoms with van der Waals surface area (Å²) in [7, 11) is 3.21. The Labute approximate surface area is 196 Å². The first-order chi connectivity index (χ1) is 15.5. The van der Waals surface area contributed by atoms with Crippen molar-refractivity contribution in [2.24, 2.45) is 0 Å². The fourth-order valence-electron chi connectivity index (χ4n) is 4.36. The maximum absolute atomic E-state index is 13.1. The van der Waals surface area contributed by atoms with Gasteiger partial charge in [-0.25, -0.2) is 0 Å². The fourth-order valence-corrected chi connectivity index (χ4v) is 7.22. The fraction of sp³-hybridized carbons (Fsp3) is 0.440. The first-order valence-electron chi connectivity index (χ1n) is 11.3. The van der Waals surface area contributed by atoms with Crippen LogP contribution in [0.2, 0.25) is 9.91 Å². The number of ether oxygens (including phenoxy) is 2. The molecule has 1 aromatic carbocycles. The van der Waals surface area contributed by atoms with Crippen LogP contribution >= 0.6 is 0 Å². The number of hydrogen-bond acceptors (Lipinski definition) is 5. The molecule has 170 valence electrons. The quantitative estimate of drug-likeness (QED) is 0.455. The van der Waals surface area contributed by atoms with E-state index in [1.165, 1.54) is 24.5 Å². The number of aromatic nitrogens is 2. The summed E-state index contributed by atoms with van der Waals surface area (Å²) < 4.78 is 13.4. The summed E-state index contributed by atoms with van der Waals surface area (Å²) in [5.74, 6) is 1.26. The predicted octanol–water partition coefficient (Wildman–Crippen LogP) is 4.34. The van der Waals surface area contributed by atoms with Gasteiger partial charge in [0.15, 0.2) is 11.5 Å². The van der Waals surface area contributed by atoms with Gasteiger partial charge >= 0.3 is 155 Å². The van der Waals surface area contributed by atoms with Crippen molar-refractivity contribution in [2.45, 2.75) is 43.0 Å². The Bertz CT molecular complexity index is 1150. The van der Waals surface area contributed by atoms with Crippen LogP contribution in [0, 0.1) is 6.92 Å². The van der Waals surface area contributed by atoms with Gasteiger partial charge in [0.25, 0.3) is 0 Å². The van der Waals surface area contributed by atoms with Crippen molar-refractivity contribution in [2.75, 3.05) is 32.2 Å². The molecule has 3 heterocycles. The van der Waals surface area contributed by atoms with Gasteiger partial charge in [-0.15, -0.1) is 0 Å². The zero-order chi connectivity index (χ0) is 22.7. The Morgan fingerprint density at radius 2 is 1.84 bits per heavy atom. The van der Waals surface area contributed by atoms with Gasteiger partial charge in [-0.1, -0.05) is 0 Å². The summed E-state index contributed by atoms with van der Waals surface area (Å²) >= 11 is 0.194. The van der Waals surface area contributed by atoms with Crippen LogP contribution in [0.15, 0.2) is 41.3 Å². The molecule has 32 heavy (non-hydrogen) atoms. The molecule has 0 amide bonds. The van der Waals surface area contributed by atoms with Crippen LogP contribution in [-0.2, 0) is 0 Å². The van der Waals surface area contributed by atoms with Gasteiger partial charge in [-0.2, -0.15) is 0 Å². The molecule has 1 aliphatic heterocycles. The van der Waals surface area contributed by atoms with Crippen molar-refractivity contribution in [3.63, 3.8) is 0 Å². The van der Waals surface area contributed by atoms with Crippen LogP contribution in [0.3, 0.4) is 0 Å². The van der Waals surface area contributed by atoms with Crippen LogP contribution in [0.25, 0.3) is 16.9 Å². The molecule has 4 rings (SSSR count). The van der Waals surface area contributed by atoms with Crippen LogP contribution in [-0.4, -0.2) is 52.4 Å². The number of nitrogens with zero attached hydrogens (tertiary/aromatic N) is 3. The van der Waals surface area contributed by atoms with Gasteiger partial charge in [0.1, 0.15) is 0 Å². The van der Waals surface area contributed by atoms with Crippen LogP contribution in [0.4, 0.5) is 5.69 Å². The second kappa shape index (κ2) is 9.99. The van der Waals surface area contributed by atoms with Crippen molar-refractivity contribution in [3.05, 3.63) is 52.4 Å².